The van der Waals surface area contributed by atoms with Crippen molar-refractivity contribution in [2.75, 3.05) is 26.4 Å². The van der Waals surface area contributed by atoms with Crippen LogP contribution in [0.3, 0.4) is 0 Å². The van der Waals surface area contributed by atoms with Crippen LogP contribution in [0, 0.1) is 5.41 Å². The summed E-state index contributed by atoms with van der Waals surface area (Å²) in [6.07, 6.45) is 4.33. The van der Waals surface area contributed by atoms with Gasteiger partial charge in [-0.15, -0.1) is 0 Å². The third-order valence-corrected chi connectivity index (χ3v) is 5.63. The summed E-state index contributed by atoms with van der Waals surface area (Å²) in [6.45, 7) is 14.6. The van der Waals surface area contributed by atoms with Gasteiger partial charge in [0, 0.05) is 18.5 Å². The summed E-state index contributed by atoms with van der Waals surface area (Å²) in [5.41, 5.74) is -1.57. The summed E-state index contributed by atoms with van der Waals surface area (Å²) >= 11 is 0. The van der Waals surface area contributed by atoms with Gasteiger partial charge in [-0.2, -0.15) is 0 Å². The zero-order valence-corrected chi connectivity index (χ0v) is 23.5. The molecule has 1 saturated carbocycles. The molecule has 0 aromatic heterocycles. The van der Waals surface area contributed by atoms with E-state index in [-0.39, 0.29) is 61.2 Å². The average Bonchev–Trinajstić information content (AvgIpc) is 2.67. The highest BCUT2D eigenvalue weighted by atomic mass is 16.6. The van der Waals surface area contributed by atoms with E-state index >= 15 is 0 Å². The van der Waals surface area contributed by atoms with Gasteiger partial charge in [0.25, 0.3) is 0 Å². The van der Waals surface area contributed by atoms with E-state index in [1.54, 1.807) is 6.92 Å². The number of hydrogen-bond donors (Lipinski definition) is 3. The smallest absolute Gasteiger partial charge is 0.308 e. The molecule has 9 heteroatoms. The van der Waals surface area contributed by atoms with Crippen molar-refractivity contribution in [3.8, 4) is 0 Å². The lowest BCUT2D eigenvalue weighted by molar-refractivity contribution is -0.156. The van der Waals surface area contributed by atoms with Crippen molar-refractivity contribution in [3.63, 3.8) is 0 Å². The molecule has 0 radical (unpaired) electrons. The summed E-state index contributed by atoms with van der Waals surface area (Å²) in [5, 5.41) is 16.6. The first-order chi connectivity index (χ1) is 16.5. The Hall–Kier alpha value is -1.71. The fraction of sp³-hybridized carbons (Fsp3) is 0.889. The molecule has 3 N–H and O–H groups in total. The Balaban J connectivity index is 2.10. The van der Waals surface area contributed by atoms with Gasteiger partial charge in [0.05, 0.1) is 44.9 Å². The lowest BCUT2D eigenvalue weighted by atomic mass is 9.81. The molecule has 9 nitrogen and oxygen atoms in total. The molecule has 0 aliphatic heterocycles. The fourth-order valence-corrected chi connectivity index (χ4v) is 4.55. The maximum Gasteiger partial charge on any atom is 0.308 e. The number of hydrogen-bond acceptors (Lipinski definition) is 7. The molecule has 0 aromatic carbocycles. The molecule has 0 bridgehead atoms. The molecule has 210 valence electrons. The van der Waals surface area contributed by atoms with Gasteiger partial charge in [-0.05, 0) is 65.2 Å². The number of carbonyl (C=O) groups excluding carboxylic acids is 3. The van der Waals surface area contributed by atoms with Gasteiger partial charge in [-0.1, -0.05) is 20.8 Å². The summed E-state index contributed by atoms with van der Waals surface area (Å²) in [4.78, 5) is 36.2. The van der Waals surface area contributed by atoms with E-state index < -0.39 is 11.2 Å². The highest BCUT2D eigenvalue weighted by Crippen LogP contribution is 2.29. The Kier molecular flexibility index (Phi) is 13.4. The highest BCUT2D eigenvalue weighted by Gasteiger charge is 2.31. The minimum atomic E-state index is -1.03. The zero-order chi connectivity index (χ0) is 27.4. The minimum Gasteiger partial charge on any atom is -0.460 e. The molecule has 1 rings (SSSR count). The number of amides is 2. The van der Waals surface area contributed by atoms with E-state index in [1.807, 2.05) is 41.5 Å². The molecule has 1 aliphatic rings. The largest absolute Gasteiger partial charge is 0.460 e. The normalized spacial score (nSPS) is 20.3. The van der Waals surface area contributed by atoms with Crippen LogP contribution in [-0.2, 0) is 28.6 Å². The summed E-state index contributed by atoms with van der Waals surface area (Å²) in [7, 11) is 0. The third kappa shape index (κ3) is 16.9. The number of rotatable bonds is 14. The van der Waals surface area contributed by atoms with Crippen LogP contribution >= 0.6 is 0 Å². The minimum absolute atomic E-state index is 0.0495. The van der Waals surface area contributed by atoms with Crippen molar-refractivity contribution in [1.82, 2.24) is 10.6 Å². The van der Waals surface area contributed by atoms with Crippen molar-refractivity contribution < 1.29 is 33.7 Å². The second kappa shape index (κ2) is 14.9. The molecule has 1 fully saturated rings. The van der Waals surface area contributed by atoms with Crippen LogP contribution in [0.5, 0.6) is 0 Å². The number of carbonyl (C=O) groups is 3. The Morgan fingerprint density at radius 1 is 0.750 bits per heavy atom. The molecule has 0 heterocycles. The average molecular weight is 515 g/mol. The van der Waals surface area contributed by atoms with Gasteiger partial charge >= 0.3 is 5.97 Å². The second-order valence-corrected chi connectivity index (χ2v) is 12.4. The summed E-state index contributed by atoms with van der Waals surface area (Å²) in [5.74, 6) is -0.463. The maximum absolute atomic E-state index is 12.4. The van der Waals surface area contributed by atoms with Gasteiger partial charge < -0.3 is 30.0 Å². The van der Waals surface area contributed by atoms with Gasteiger partial charge in [0.15, 0.2) is 0 Å². The van der Waals surface area contributed by atoms with Crippen molar-refractivity contribution in [2.45, 2.75) is 123 Å². The Morgan fingerprint density at radius 3 is 1.69 bits per heavy atom. The van der Waals surface area contributed by atoms with E-state index in [9.17, 15) is 19.5 Å². The lowest BCUT2D eigenvalue weighted by Gasteiger charge is -2.33. The predicted molar refractivity (Wildman–Crippen MR) is 138 cm³/mol. The van der Waals surface area contributed by atoms with Gasteiger partial charge in [0.1, 0.15) is 5.60 Å². The molecule has 1 atom stereocenters. The number of ether oxygens (including phenoxy) is 3. The molecule has 36 heavy (non-hydrogen) atoms. The van der Waals surface area contributed by atoms with Crippen molar-refractivity contribution in [1.29, 1.82) is 0 Å². The predicted octanol–water partition coefficient (Wildman–Crippen LogP) is 3.26. The molecule has 0 spiro atoms. The van der Waals surface area contributed by atoms with Crippen molar-refractivity contribution in [3.05, 3.63) is 0 Å². The molecular formula is C27H50N2O7. The van der Waals surface area contributed by atoms with Crippen LogP contribution in [0.2, 0.25) is 0 Å². The standard InChI is InChI=1S/C27H50N2O7/c1-25(2,3)19-27(7,33)18-23(31)29-21-10-8-20(9-11-21)28-22(30)12-14-34-16-17-35-15-13-24(32)36-26(4,5)6/h20-21,33H,8-19H2,1-7H3,(H,28,30)(H,29,31). The first-order valence-corrected chi connectivity index (χ1v) is 13.2. The Bertz CT molecular complexity index is 687. The quantitative estimate of drug-likeness (QED) is 0.240. The Labute approximate surface area is 217 Å². The molecule has 2 amide bonds. The first kappa shape index (κ1) is 32.3. The van der Waals surface area contributed by atoms with Crippen LogP contribution in [0.1, 0.15) is 99.8 Å². The van der Waals surface area contributed by atoms with Gasteiger partial charge in [-0.3, -0.25) is 14.4 Å². The molecule has 1 unspecified atom stereocenters. The molecule has 0 aromatic rings. The number of aliphatic hydroxyl groups is 1. The van der Waals surface area contributed by atoms with Crippen molar-refractivity contribution >= 4 is 17.8 Å². The topological polar surface area (TPSA) is 123 Å². The molecule has 1 aliphatic carbocycles. The monoisotopic (exact) mass is 514 g/mol. The van der Waals surface area contributed by atoms with Gasteiger partial charge in [0.2, 0.25) is 11.8 Å². The highest BCUT2D eigenvalue weighted by molar-refractivity contribution is 5.77. The van der Waals surface area contributed by atoms with Crippen LogP contribution in [0.15, 0.2) is 0 Å². The van der Waals surface area contributed by atoms with E-state index in [4.69, 9.17) is 14.2 Å². The van der Waals surface area contributed by atoms with E-state index in [0.717, 1.165) is 25.7 Å². The number of nitrogens with one attached hydrogen (secondary N) is 2. The van der Waals surface area contributed by atoms with Crippen LogP contribution in [-0.4, -0.2) is 72.6 Å². The fourth-order valence-electron chi connectivity index (χ4n) is 4.55. The van der Waals surface area contributed by atoms with E-state index in [0.29, 0.717) is 26.2 Å². The van der Waals surface area contributed by atoms with Crippen LogP contribution in [0.25, 0.3) is 0 Å². The summed E-state index contributed by atoms with van der Waals surface area (Å²) < 4.78 is 16.0. The second-order valence-electron chi connectivity index (χ2n) is 12.4. The zero-order valence-electron chi connectivity index (χ0n) is 23.5. The molecule has 0 saturated heterocycles. The van der Waals surface area contributed by atoms with Crippen LogP contribution < -0.4 is 10.6 Å². The maximum atomic E-state index is 12.4. The third-order valence-electron chi connectivity index (χ3n) is 5.63. The van der Waals surface area contributed by atoms with Crippen molar-refractivity contribution in [2.24, 2.45) is 5.41 Å². The lowest BCUT2D eigenvalue weighted by Crippen LogP contribution is -2.45. The SMILES string of the molecule is CC(C)(C)CC(C)(O)CC(=O)NC1CCC(NC(=O)CCOCCOCCC(=O)OC(C)(C)C)CC1. The molecular weight excluding hydrogens is 464 g/mol. The number of esters is 1. The first-order valence-electron chi connectivity index (χ1n) is 13.2. The summed E-state index contributed by atoms with van der Waals surface area (Å²) in [6, 6.07) is 0.181. The van der Waals surface area contributed by atoms with Gasteiger partial charge in [-0.25, -0.2) is 0 Å². The van der Waals surface area contributed by atoms with E-state index in [1.165, 1.54) is 0 Å². The Morgan fingerprint density at radius 2 is 1.22 bits per heavy atom. The van der Waals surface area contributed by atoms with E-state index in [2.05, 4.69) is 10.6 Å². The van der Waals surface area contributed by atoms with Crippen LogP contribution in [0.4, 0.5) is 0 Å².